The Kier molecular flexibility index (Phi) is 7.30. The summed E-state index contributed by atoms with van der Waals surface area (Å²) in [5, 5.41) is 0.694. The van der Waals surface area contributed by atoms with Crippen LogP contribution in [0.2, 0.25) is 0 Å². The maximum absolute atomic E-state index is 13.0. The summed E-state index contributed by atoms with van der Waals surface area (Å²) in [4.78, 5) is 32.1. The second-order valence-electron chi connectivity index (χ2n) is 8.00. The molecule has 2 heterocycles. The Labute approximate surface area is 183 Å². The molecule has 0 saturated carbocycles. The molecule has 1 atom stereocenters. The molecule has 1 amide bonds. The van der Waals surface area contributed by atoms with Crippen molar-refractivity contribution in [3.63, 3.8) is 0 Å². The summed E-state index contributed by atoms with van der Waals surface area (Å²) in [6.07, 6.45) is 2.76. The fourth-order valence-electron chi connectivity index (χ4n) is 4.11. The molecule has 1 aromatic heterocycles. The lowest BCUT2D eigenvalue weighted by Crippen LogP contribution is -2.44. The van der Waals surface area contributed by atoms with E-state index in [9.17, 15) is 18.0 Å². The zero-order chi connectivity index (χ0) is 22.6. The molecule has 31 heavy (non-hydrogen) atoms. The van der Waals surface area contributed by atoms with Crippen molar-refractivity contribution in [2.24, 2.45) is 0 Å². The number of amides is 1. The highest BCUT2D eigenvalue weighted by molar-refractivity contribution is 7.91. The number of ether oxygens (including phenoxy) is 1. The van der Waals surface area contributed by atoms with Crippen LogP contribution in [0.25, 0.3) is 10.9 Å². The van der Waals surface area contributed by atoms with Crippen LogP contribution in [0.3, 0.4) is 0 Å². The smallest absolute Gasteiger partial charge is 0.339 e. The zero-order valence-corrected chi connectivity index (χ0v) is 19.2. The van der Waals surface area contributed by atoms with Crippen LogP contribution >= 0.6 is 0 Å². The number of carbonyl (C=O) groups excluding carboxylic acids is 2. The predicted octanol–water partition coefficient (Wildman–Crippen LogP) is 3.08. The number of nitrogens with zero attached hydrogens (tertiary/aromatic N) is 2. The van der Waals surface area contributed by atoms with Gasteiger partial charge in [-0.2, -0.15) is 0 Å². The number of aryl methyl sites for hydroxylation is 1. The summed E-state index contributed by atoms with van der Waals surface area (Å²) in [5.74, 6) is -0.844. The minimum absolute atomic E-state index is 0.0235. The Hall–Kier alpha value is -2.48. The van der Waals surface area contributed by atoms with Crippen LogP contribution < -0.4 is 0 Å². The fraction of sp³-hybridized carbons (Fsp3) is 0.522. The van der Waals surface area contributed by atoms with E-state index in [1.54, 1.807) is 4.90 Å². The largest absolute Gasteiger partial charge is 0.452 e. The second-order valence-corrected chi connectivity index (χ2v) is 10.2. The van der Waals surface area contributed by atoms with E-state index in [1.807, 2.05) is 45.0 Å². The van der Waals surface area contributed by atoms with Gasteiger partial charge >= 0.3 is 5.97 Å². The number of rotatable bonds is 8. The first-order valence-electron chi connectivity index (χ1n) is 10.8. The maximum atomic E-state index is 13.0. The first-order chi connectivity index (χ1) is 14.8. The van der Waals surface area contributed by atoms with Gasteiger partial charge in [0.1, 0.15) is 0 Å². The second kappa shape index (κ2) is 9.77. The summed E-state index contributed by atoms with van der Waals surface area (Å²) < 4.78 is 29.2. The van der Waals surface area contributed by atoms with E-state index in [0.717, 1.165) is 24.1 Å². The van der Waals surface area contributed by atoms with E-state index in [2.05, 4.69) is 4.98 Å². The number of fused-ring (bicyclic) bond motifs is 1. The van der Waals surface area contributed by atoms with Crippen LogP contribution in [0, 0.1) is 6.92 Å². The number of hydrogen-bond acceptors (Lipinski definition) is 6. The fourth-order valence-corrected chi connectivity index (χ4v) is 5.84. The topological polar surface area (TPSA) is 93.6 Å². The van der Waals surface area contributed by atoms with Gasteiger partial charge < -0.3 is 9.64 Å². The lowest BCUT2D eigenvalue weighted by molar-refractivity contribution is -0.136. The standard InChI is InChI=1S/C23H30N2O5S/c1-4-6-12-25(17-11-13-31(28,29)15-17)21(26)14-30-23(27)22-16(3)19(5-2)24-20-10-8-7-9-18(20)22/h7-10,17H,4-6,11-15H2,1-3H3. The van der Waals surface area contributed by atoms with Gasteiger partial charge in [0.05, 0.1) is 22.6 Å². The number of hydrogen-bond donors (Lipinski definition) is 0. The number of unbranched alkanes of at least 4 members (excludes halogenated alkanes) is 1. The molecule has 1 fully saturated rings. The Morgan fingerprint density at radius 2 is 1.97 bits per heavy atom. The molecule has 0 radical (unpaired) electrons. The van der Waals surface area contributed by atoms with Gasteiger partial charge in [0.2, 0.25) is 0 Å². The van der Waals surface area contributed by atoms with Crippen molar-refractivity contribution >= 4 is 32.6 Å². The zero-order valence-electron chi connectivity index (χ0n) is 18.4. The molecule has 1 aromatic carbocycles. The quantitative estimate of drug-likeness (QED) is 0.579. The van der Waals surface area contributed by atoms with Crippen molar-refractivity contribution in [2.75, 3.05) is 24.7 Å². The highest BCUT2D eigenvalue weighted by Crippen LogP contribution is 2.25. The third-order valence-corrected chi connectivity index (χ3v) is 7.57. The van der Waals surface area contributed by atoms with Crippen molar-refractivity contribution in [2.45, 2.75) is 52.5 Å². The summed E-state index contributed by atoms with van der Waals surface area (Å²) in [7, 11) is -3.12. The van der Waals surface area contributed by atoms with E-state index in [0.29, 0.717) is 35.9 Å². The van der Waals surface area contributed by atoms with Crippen LogP contribution in [0.5, 0.6) is 0 Å². The van der Waals surface area contributed by atoms with Gasteiger partial charge in [0.25, 0.3) is 5.91 Å². The number of aromatic nitrogens is 1. The normalized spacial score (nSPS) is 17.6. The maximum Gasteiger partial charge on any atom is 0.339 e. The van der Waals surface area contributed by atoms with Crippen molar-refractivity contribution in [1.29, 1.82) is 0 Å². The highest BCUT2D eigenvalue weighted by Gasteiger charge is 2.34. The number of para-hydroxylation sites is 1. The molecular formula is C23H30N2O5S. The van der Waals surface area contributed by atoms with E-state index < -0.39 is 22.4 Å². The van der Waals surface area contributed by atoms with Gasteiger partial charge in [-0.25, -0.2) is 13.2 Å². The monoisotopic (exact) mass is 446 g/mol. The van der Waals surface area contributed by atoms with Gasteiger partial charge in [0, 0.05) is 23.7 Å². The first kappa shape index (κ1) is 23.2. The summed E-state index contributed by atoms with van der Waals surface area (Å²) in [6, 6.07) is 7.03. The van der Waals surface area contributed by atoms with Crippen LogP contribution in [0.15, 0.2) is 24.3 Å². The van der Waals surface area contributed by atoms with Crippen molar-refractivity contribution < 1.29 is 22.7 Å². The Bertz CT molecular complexity index is 1080. The van der Waals surface area contributed by atoms with Gasteiger partial charge in [-0.3, -0.25) is 9.78 Å². The summed E-state index contributed by atoms with van der Waals surface area (Å²) >= 11 is 0. The molecule has 7 nitrogen and oxygen atoms in total. The molecule has 0 bridgehead atoms. The number of sulfone groups is 1. The van der Waals surface area contributed by atoms with Gasteiger partial charge in [-0.05, 0) is 37.8 Å². The summed E-state index contributed by atoms with van der Waals surface area (Å²) in [5.41, 5.74) is 2.71. The third-order valence-electron chi connectivity index (χ3n) is 5.82. The molecule has 2 aromatic rings. The van der Waals surface area contributed by atoms with Gasteiger partial charge in [0.15, 0.2) is 16.4 Å². The molecule has 0 spiro atoms. The van der Waals surface area contributed by atoms with Crippen LogP contribution in [-0.4, -0.2) is 60.9 Å². The molecular weight excluding hydrogens is 416 g/mol. The molecule has 8 heteroatoms. The molecule has 0 aliphatic carbocycles. The molecule has 0 N–H and O–H groups in total. The minimum Gasteiger partial charge on any atom is -0.452 e. The van der Waals surface area contributed by atoms with Crippen molar-refractivity contribution in [3.05, 3.63) is 41.1 Å². The average molecular weight is 447 g/mol. The SMILES string of the molecule is CCCCN(C(=O)COC(=O)c1c(C)c(CC)nc2ccccc12)C1CCS(=O)(=O)C1. The van der Waals surface area contributed by atoms with Gasteiger partial charge in [-0.15, -0.1) is 0 Å². The summed E-state index contributed by atoms with van der Waals surface area (Å²) in [6.45, 7) is 5.88. The number of benzene rings is 1. The van der Waals surface area contributed by atoms with E-state index in [1.165, 1.54) is 0 Å². The number of pyridine rings is 1. The van der Waals surface area contributed by atoms with Crippen molar-refractivity contribution in [1.82, 2.24) is 9.88 Å². The molecule has 1 unspecified atom stereocenters. The highest BCUT2D eigenvalue weighted by atomic mass is 32.2. The average Bonchev–Trinajstić information content (AvgIpc) is 3.11. The van der Waals surface area contributed by atoms with E-state index in [4.69, 9.17) is 4.74 Å². The van der Waals surface area contributed by atoms with Crippen LogP contribution in [0.4, 0.5) is 0 Å². The Morgan fingerprint density at radius 3 is 2.61 bits per heavy atom. The van der Waals surface area contributed by atoms with E-state index >= 15 is 0 Å². The van der Waals surface area contributed by atoms with E-state index in [-0.39, 0.29) is 23.5 Å². The molecule has 3 rings (SSSR count). The first-order valence-corrected chi connectivity index (χ1v) is 12.6. The lowest BCUT2D eigenvalue weighted by atomic mass is 10.0. The number of esters is 1. The van der Waals surface area contributed by atoms with Crippen LogP contribution in [-0.2, 0) is 25.8 Å². The lowest BCUT2D eigenvalue weighted by Gasteiger charge is -2.28. The Morgan fingerprint density at radius 1 is 1.23 bits per heavy atom. The Balaban J connectivity index is 1.79. The van der Waals surface area contributed by atoms with Crippen LogP contribution in [0.1, 0.15) is 54.7 Å². The predicted molar refractivity (Wildman–Crippen MR) is 120 cm³/mol. The molecule has 168 valence electrons. The minimum atomic E-state index is -3.12. The molecule has 1 aliphatic rings. The number of carbonyl (C=O) groups is 2. The van der Waals surface area contributed by atoms with Crippen molar-refractivity contribution in [3.8, 4) is 0 Å². The van der Waals surface area contributed by atoms with Gasteiger partial charge in [-0.1, -0.05) is 38.5 Å². The third kappa shape index (κ3) is 5.23. The molecule has 1 aliphatic heterocycles. The molecule has 1 saturated heterocycles.